The summed E-state index contributed by atoms with van der Waals surface area (Å²) in [7, 11) is 3.49. The molecule has 0 atom stereocenters. The molecular formula is C21H20ClFN2O2. The van der Waals surface area contributed by atoms with Gasteiger partial charge < -0.3 is 10.1 Å². The first-order chi connectivity index (χ1) is 12.9. The number of hydrogen-bond donors (Lipinski definition) is 1. The maximum absolute atomic E-state index is 13.8. The molecule has 0 fully saturated rings. The average molecular weight is 387 g/mol. The molecule has 0 saturated carbocycles. The van der Waals surface area contributed by atoms with Gasteiger partial charge in [-0.3, -0.25) is 9.69 Å². The summed E-state index contributed by atoms with van der Waals surface area (Å²) in [6.07, 6.45) is 0. The zero-order valence-corrected chi connectivity index (χ0v) is 15.9. The molecule has 4 nitrogen and oxygen atoms in total. The van der Waals surface area contributed by atoms with Crippen molar-refractivity contribution >= 4 is 34.0 Å². The van der Waals surface area contributed by atoms with E-state index in [0.29, 0.717) is 6.54 Å². The van der Waals surface area contributed by atoms with E-state index in [1.54, 1.807) is 7.11 Å². The number of likely N-dealkylation sites (N-methyl/N-ethyl adjacent to an activating group) is 1. The van der Waals surface area contributed by atoms with Crippen molar-refractivity contribution in [3.8, 4) is 5.75 Å². The highest BCUT2D eigenvalue weighted by Crippen LogP contribution is 2.22. The Bertz CT molecular complexity index is 978. The van der Waals surface area contributed by atoms with Gasteiger partial charge in [-0.1, -0.05) is 29.8 Å². The highest BCUT2D eigenvalue weighted by atomic mass is 35.5. The molecule has 0 bridgehead atoms. The minimum atomic E-state index is -0.552. The first-order valence-electron chi connectivity index (χ1n) is 8.45. The Morgan fingerprint density at radius 3 is 2.59 bits per heavy atom. The number of ether oxygens (including phenoxy) is 1. The topological polar surface area (TPSA) is 41.6 Å². The van der Waals surface area contributed by atoms with Crippen molar-refractivity contribution in [2.75, 3.05) is 26.0 Å². The fraction of sp³-hybridized carbons (Fsp3) is 0.190. The van der Waals surface area contributed by atoms with Crippen LogP contribution in [0.5, 0.6) is 5.75 Å². The summed E-state index contributed by atoms with van der Waals surface area (Å²) in [5.74, 6) is -0.0221. The van der Waals surface area contributed by atoms with Gasteiger partial charge in [-0.15, -0.1) is 0 Å². The number of nitrogens with one attached hydrogen (secondary N) is 1. The number of rotatable bonds is 6. The van der Waals surface area contributed by atoms with E-state index in [2.05, 4.69) is 11.4 Å². The molecule has 0 aliphatic carbocycles. The fourth-order valence-corrected chi connectivity index (χ4v) is 3.05. The van der Waals surface area contributed by atoms with Gasteiger partial charge in [0, 0.05) is 11.6 Å². The minimum Gasteiger partial charge on any atom is -0.497 e. The highest BCUT2D eigenvalue weighted by molar-refractivity contribution is 6.30. The van der Waals surface area contributed by atoms with Crippen LogP contribution in [-0.2, 0) is 11.3 Å². The van der Waals surface area contributed by atoms with Crippen molar-refractivity contribution in [2.24, 2.45) is 0 Å². The van der Waals surface area contributed by atoms with Crippen molar-refractivity contribution in [3.63, 3.8) is 0 Å². The average Bonchev–Trinajstić information content (AvgIpc) is 2.63. The van der Waals surface area contributed by atoms with Crippen LogP contribution in [-0.4, -0.2) is 31.5 Å². The number of benzene rings is 3. The van der Waals surface area contributed by atoms with Gasteiger partial charge in [-0.2, -0.15) is 0 Å². The number of amides is 1. The maximum Gasteiger partial charge on any atom is 0.238 e. The second-order valence-electron chi connectivity index (χ2n) is 6.39. The number of hydrogen-bond acceptors (Lipinski definition) is 3. The molecule has 0 unspecified atom stereocenters. The number of fused-ring (bicyclic) bond motifs is 1. The summed E-state index contributed by atoms with van der Waals surface area (Å²) < 4.78 is 19.0. The summed E-state index contributed by atoms with van der Waals surface area (Å²) in [5.41, 5.74) is 1.21. The first kappa shape index (κ1) is 19.1. The van der Waals surface area contributed by atoms with Crippen molar-refractivity contribution in [1.29, 1.82) is 0 Å². The zero-order valence-electron chi connectivity index (χ0n) is 15.1. The van der Waals surface area contributed by atoms with Gasteiger partial charge in [0.05, 0.1) is 19.3 Å². The molecule has 1 N–H and O–H groups in total. The number of methoxy groups -OCH3 is 1. The summed E-state index contributed by atoms with van der Waals surface area (Å²) >= 11 is 5.72. The minimum absolute atomic E-state index is 0.123. The van der Waals surface area contributed by atoms with Crippen molar-refractivity contribution in [1.82, 2.24) is 4.90 Å². The Morgan fingerprint density at radius 1 is 1.11 bits per heavy atom. The Labute approximate surface area is 162 Å². The second-order valence-corrected chi connectivity index (χ2v) is 6.83. The monoisotopic (exact) mass is 386 g/mol. The van der Waals surface area contributed by atoms with Crippen molar-refractivity contribution < 1.29 is 13.9 Å². The Hall–Kier alpha value is -2.63. The molecule has 27 heavy (non-hydrogen) atoms. The van der Waals surface area contributed by atoms with E-state index in [9.17, 15) is 9.18 Å². The smallest absolute Gasteiger partial charge is 0.238 e. The summed E-state index contributed by atoms with van der Waals surface area (Å²) in [4.78, 5) is 14.0. The van der Waals surface area contributed by atoms with E-state index in [-0.39, 0.29) is 23.2 Å². The third-order valence-corrected chi connectivity index (χ3v) is 4.42. The molecule has 0 radical (unpaired) electrons. The lowest BCUT2D eigenvalue weighted by atomic mass is 10.1. The van der Waals surface area contributed by atoms with E-state index < -0.39 is 5.82 Å². The predicted octanol–water partition coefficient (Wildman–Crippen LogP) is 4.71. The van der Waals surface area contributed by atoms with Gasteiger partial charge >= 0.3 is 0 Å². The normalized spacial score (nSPS) is 11.0. The van der Waals surface area contributed by atoms with Crippen molar-refractivity contribution in [2.45, 2.75) is 6.54 Å². The van der Waals surface area contributed by atoms with Gasteiger partial charge in [-0.05, 0) is 59.8 Å². The van der Waals surface area contributed by atoms with Gasteiger partial charge in [-0.25, -0.2) is 4.39 Å². The Balaban J connectivity index is 1.62. The molecule has 0 aromatic heterocycles. The molecule has 6 heteroatoms. The van der Waals surface area contributed by atoms with E-state index in [0.717, 1.165) is 22.1 Å². The van der Waals surface area contributed by atoms with Gasteiger partial charge in [0.15, 0.2) is 0 Å². The molecule has 3 rings (SSSR count). The first-order valence-corrected chi connectivity index (χ1v) is 8.82. The van der Waals surface area contributed by atoms with E-state index in [4.69, 9.17) is 16.3 Å². The van der Waals surface area contributed by atoms with Crippen LogP contribution < -0.4 is 10.1 Å². The number of anilines is 1. The van der Waals surface area contributed by atoms with E-state index in [1.807, 2.05) is 42.3 Å². The molecule has 140 valence electrons. The molecule has 0 saturated heterocycles. The lowest BCUT2D eigenvalue weighted by Crippen LogP contribution is -2.30. The molecular weight excluding hydrogens is 367 g/mol. The third kappa shape index (κ3) is 4.96. The van der Waals surface area contributed by atoms with Crippen LogP contribution in [0.2, 0.25) is 5.02 Å². The van der Waals surface area contributed by atoms with Crippen LogP contribution in [0.1, 0.15) is 5.56 Å². The number of carbonyl (C=O) groups is 1. The summed E-state index contributed by atoms with van der Waals surface area (Å²) in [5, 5.41) is 5.06. The third-order valence-electron chi connectivity index (χ3n) is 4.18. The molecule has 3 aromatic carbocycles. The molecule has 0 spiro atoms. The van der Waals surface area contributed by atoms with Crippen molar-refractivity contribution in [3.05, 3.63) is 71.0 Å². The van der Waals surface area contributed by atoms with Crippen LogP contribution in [0.25, 0.3) is 10.8 Å². The Kier molecular flexibility index (Phi) is 5.94. The largest absolute Gasteiger partial charge is 0.497 e. The van der Waals surface area contributed by atoms with E-state index in [1.165, 1.54) is 18.2 Å². The summed E-state index contributed by atoms with van der Waals surface area (Å²) in [6, 6.07) is 16.2. The highest BCUT2D eigenvalue weighted by Gasteiger charge is 2.11. The van der Waals surface area contributed by atoms with Gasteiger partial charge in [0.2, 0.25) is 5.91 Å². The fourth-order valence-electron chi connectivity index (χ4n) is 2.89. The number of nitrogens with zero attached hydrogens (tertiary/aromatic N) is 1. The number of carbonyl (C=O) groups excluding carboxylic acids is 1. The number of halogens is 2. The van der Waals surface area contributed by atoms with Crippen LogP contribution in [0.15, 0.2) is 54.6 Å². The molecule has 0 aliphatic heterocycles. The van der Waals surface area contributed by atoms with Crippen LogP contribution in [0, 0.1) is 5.82 Å². The lowest BCUT2D eigenvalue weighted by Gasteiger charge is -2.17. The van der Waals surface area contributed by atoms with Crippen LogP contribution in [0.4, 0.5) is 10.1 Å². The molecule has 3 aromatic rings. The van der Waals surface area contributed by atoms with Gasteiger partial charge in [0.25, 0.3) is 0 Å². The molecule has 0 heterocycles. The maximum atomic E-state index is 13.8. The second kappa shape index (κ2) is 8.37. The van der Waals surface area contributed by atoms with Crippen LogP contribution in [0.3, 0.4) is 0 Å². The van der Waals surface area contributed by atoms with Crippen LogP contribution >= 0.6 is 11.6 Å². The predicted molar refractivity (Wildman–Crippen MR) is 107 cm³/mol. The quantitative estimate of drug-likeness (QED) is 0.667. The standard InChI is InChI=1S/C21H20ClFN2O2/c1-25(13-21(26)24-20-8-6-17(22)11-19(20)23)12-14-3-4-16-10-18(27-2)7-5-15(16)9-14/h3-11H,12-13H2,1-2H3,(H,24,26). The van der Waals surface area contributed by atoms with E-state index >= 15 is 0 Å². The Morgan fingerprint density at radius 2 is 1.85 bits per heavy atom. The van der Waals surface area contributed by atoms with Gasteiger partial charge in [0.1, 0.15) is 11.6 Å². The summed E-state index contributed by atoms with van der Waals surface area (Å²) in [6.45, 7) is 0.737. The lowest BCUT2D eigenvalue weighted by molar-refractivity contribution is -0.117. The zero-order chi connectivity index (χ0) is 19.4. The SMILES string of the molecule is COc1ccc2cc(CN(C)CC(=O)Nc3ccc(Cl)cc3F)ccc2c1. The molecule has 1 amide bonds. The molecule has 0 aliphatic rings.